The van der Waals surface area contributed by atoms with Gasteiger partial charge in [-0.15, -0.1) is 10.2 Å². The van der Waals surface area contributed by atoms with E-state index in [-0.39, 0.29) is 24.0 Å². The van der Waals surface area contributed by atoms with E-state index in [1.807, 2.05) is 66.9 Å². The van der Waals surface area contributed by atoms with Gasteiger partial charge in [0.15, 0.2) is 5.16 Å². The number of nitrogens with one attached hydrogen (secondary N) is 2. The van der Waals surface area contributed by atoms with Crippen molar-refractivity contribution in [2.24, 2.45) is 0 Å². The molecule has 1 aromatic heterocycles. The lowest BCUT2D eigenvalue weighted by molar-refractivity contribution is -0.116. The van der Waals surface area contributed by atoms with Crippen LogP contribution >= 0.6 is 11.8 Å². The zero-order valence-electron chi connectivity index (χ0n) is 18.0. The van der Waals surface area contributed by atoms with Gasteiger partial charge in [0, 0.05) is 17.9 Å². The number of amides is 2. The maximum atomic E-state index is 12.4. The largest absolute Gasteiger partial charge is 0.326 e. The van der Waals surface area contributed by atoms with Crippen LogP contribution in [0.5, 0.6) is 0 Å². The first-order valence-corrected chi connectivity index (χ1v) is 11.3. The summed E-state index contributed by atoms with van der Waals surface area (Å²) in [6.07, 6.45) is 0.965. The number of nitrogens with zero attached hydrogens (tertiary/aromatic N) is 3. The second-order valence-electron chi connectivity index (χ2n) is 7.08. The smallest absolute Gasteiger partial charge is 0.234 e. The van der Waals surface area contributed by atoms with Gasteiger partial charge in [-0.1, -0.05) is 54.6 Å². The number of benzene rings is 2. The van der Waals surface area contributed by atoms with Crippen molar-refractivity contribution in [3.8, 4) is 0 Å². The van der Waals surface area contributed by atoms with E-state index < -0.39 is 0 Å². The zero-order chi connectivity index (χ0) is 22.2. The molecule has 7 nitrogen and oxygen atoms in total. The van der Waals surface area contributed by atoms with Crippen molar-refractivity contribution in [1.29, 1.82) is 0 Å². The highest BCUT2D eigenvalue weighted by molar-refractivity contribution is 7.99. The van der Waals surface area contributed by atoms with Gasteiger partial charge in [-0.2, -0.15) is 0 Å². The van der Waals surface area contributed by atoms with E-state index in [0.29, 0.717) is 17.5 Å². The van der Waals surface area contributed by atoms with Crippen LogP contribution in [0.3, 0.4) is 0 Å². The van der Waals surface area contributed by atoms with Crippen LogP contribution in [0, 0.1) is 6.92 Å². The Morgan fingerprint density at radius 3 is 2.42 bits per heavy atom. The fraction of sp³-hybridized carbons (Fsp3) is 0.304. The summed E-state index contributed by atoms with van der Waals surface area (Å²) in [5, 5.41) is 14.8. The molecule has 0 aliphatic carbocycles. The monoisotopic (exact) mass is 437 g/mol. The van der Waals surface area contributed by atoms with Crippen molar-refractivity contribution in [1.82, 2.24) is 14.8 Å². The highest BCUT2D eigenvalue weighted by Gasteiger charge is 2.16. The molecule has 0 saturated carbocycles. The van der Waals surface area contributed by atoms with Crippen molar-refractivity contribution in [3.05, 3.63) is 65.5 Å². The van der Waals surface area contributed by atoms with Gasteiger partial charge >= 0.3 is 0 Å². The zero-order valence-corrected chi connectivity index (χ0v) is 18.8. The van der Waals surface area contributed by atoms with Crippen LogP contribution in [0.15, 0.2) is 53.7 Å². The van der Waals surface area contributed by atoms with E-state index in [0.717, 1.165) is 28.9 Å². The molecule has 0 radical (unpaired) electrons. The lowest BCUT2D eigenvalue weighted by Crippen LogP contribution is -2.18. The molecule has 0 aliphatic heterocycles. The highest BCUT2D eigenvalue weighted by Crippen LogP contribution is 2.20. The lowest BCUT2D eigenvalue weighted by Gasteiger charge is -2.10. The predicted octanol–water partition coefficient (Wildman–Crippen LogP) is 4.08. The Labute approximate surface area is 186 Å². The summed E-state index contributed by atoms with van der Waals surface area (Å²) in [4.78, 5) is 24.8. The van der Waals surface area contributed by atoms with Gasteiger partial charge in [-0.25, -0.2) is 0 Å². The Morgan fingerprint density at radius 2 is 1.71 bits per heavy atom. The maximum Gasteiger partial charge on any atom is 0.234 e. The van der Waals surface area contributed by atoms with E-state index in [1.54, 1.807) is 0 Å². The lowest BCUT2D eigenvalue weighted by atomic mass is 10.1. The molecule has 0 fully saturated rings. The number of carbonyl (C=O) groups excluding carboxylic acids is 2. The van der Waals surface area contributed by atoms with Gasteiger partial charge in [-0.05, 0) is 44.0 Å². The minimum Gasteiger partial charge on any atom is -0.326 e. The summed E-state index contributed by atoms with van der Waals surface area (Å²) in [6.45, 7) is 6.63. The summed E-state index contributed by atoms with van der Waals surface area (Å²) in [5.74, 6) is 0.532. The molecular weight excluding hydrogens is 410 g/mol. The fourth-order valence-electron chi connectivity index (χ4n) is 3.13. The second-order valence-corrected chi connectivity index (χ2v) is 8.02. The summed E-state index contributed by atoms with van der Waals surface area (Å²) in [6, 6.07) is 15.4. The standard InChI is InChI=1S/C23H27N5O2S/c1-4-17-8-6-7-9-19(17)25-22(30)15-31-23-27-26-20(28(23)5-2)14-21(29)24-18-12-10-16(3)11-13-18/h6-13H,4-5,14-15H2,1-3H3,(H,24,29)(H,25,30). The number of anilines is 2. The predicted molar refractivity (Wildman–Crippen MR) is 124 cm³/mol. The molecule has 162 valence electrons. The van der Waals surface area contributed by atoms with Crippen LogP contribution in [0.2, 0.25) is 0 Å². The molecule has 3 aromatic rings. The Morgan fingerprint density at radius 1 is 0.968 bits per heavy atom. The number of thioether (sulfide) groups is 1. The Kier molecular flexibility index (Phi) is 7.83. The molecule has 0 aliphatic rings. The molecule has 2 amide bonds. The summed E-state index contributed by atoms with van der Waals surface area (Å²) < 4.78 is 1.87. The van der Waals surface area contributed by atoms with Crippen LogP contribution in [0.25, 0.3) is 0 Å². The normalized spacial score (nSPS) is 10.7. The minimum absolute atomic E-state index is 0.102. The minimum atomic E-state index is -0.156. The van der Waals surface area contributed by atoms with Crippen LogP contribution in [-0.4, -0.2) is 32.3 Å². The molecule has 1 heterocycles. The number of aryl methyl sites for hydroxylation is 2. The third-order valence-corrected chi connectivity index (χ3v) is 5.74. The average molecular weight is 438 g/mol. The third-order valence-electron chi connectivity index (χ3n) is 4.77. The highest BCUT2D eigenvalue weighted by atomic mass is 32.2. The van der Waals surface area contributed by atoms with Gasteiger partial charge in [0.05, 0.1) is 12.2 Å². The van der Waals surface area contributed by atoms with Crippen molar-refractivity contribution in [2.45, 2.75) is 45.3 Å². The summed E-state index contributed by atoms with van der Waals surface area (Å²) in [5.41, 5.74) is 3.81. The Hall–Kier alpha value is -3.13. The summed E-state index contributed by atoms with van der Waals surface area (Å²) in [7, 11) is 0. The van der Waals surface area contributed by atoms with Gasteiger partial charge in [0.1, 0.15) is 5.82 Å². The SMILES string of the molecule is CCc1ccccc1NC(=O)CSc1nnc(CC(=O)Nc2ccc(C)cc2)n1CC. The molecule has 31 heavy (non-hydrogen) atoms. The van der Waals surface area contributed by atoms with Crippen LogP contribution < -0.4 is 10.6 Å². The molecule has 0 spiro atoms. The van der Waals surface area contributed by atoms with Gasteiger partial charge in [0.25, 0.3) is 0 Å². The number of hydrogen-bond donors (Lipinski definition) is 2. The van der Waals surface area contributed by atoms with Crippen molar-refractivity contribution in [2.75, 3.05) is 16.4 Å². The van der Waals surface area contributed by atoms with E-state index in [1.165, 1.54) is 11.8 Å². The van der Waals surface area contributed by atoms with Crippen LogP contribution in [-0.2, 0) is 29.0 Å². The van der Waals surface area contributed by atoms with Gasteiger partial charge in [-0.3, -0.25) is 9.59 Å². The number of para-hydroxylation sites is 1. The average Bonchev–Trinajstić information content (AvgIpc) is 3.15. The maximum absolute atomic E-state index is 12.4. The van der Waals surface area contributed by atoms with Crippen molar-refractivity contribution >= 4 is 35.0 Å². The molecule has 8 heteroatoms. The quantitative estimate of drug-likeness (QED) is 0.493. The molecular formula is C23H27N5O2S. The topological polar surface area (TPSA) is 88.9 Å². The van der Waals surface area contributed by atoms with Crippen LogP contribution in [0.4, 0.5) is 11.4 Å². The van der Waals surface area contributed by atoms with Crippen molar-refractivity contribution < 1.29 is 9.59 Å². The van der Waals surface area contributed by atoms with Gasteiger partial charge in [0.2, 0.25) is 11.8 Å². The fourth-order valence-corrected chi connectivity index (χ4v) is 3.95. The number of aromatic nitrogens is 3. The first kappa shape index (κ1) is 22.6. The number of carbonyl (C=O) groups is 2. The molecule has 0 saturated heterocycles. The third kappa shape index (κ3) is 6.18. The first-order chi connectivity index (χ1) is 15.0. The first-order valence-electron chi connectivity index (χ1n) is 10.3. The van der Waals surface area contributed by atoms with E-state index >= 15 is 0 Å². The Balaban J connectivity index is 1.58. The molecule has 2 N–H and O–H groups in total. The molecule has 0 bridgehead atoms. The van der Waals surface area contributed by atoms with Gasteiger partial charge < -0.3 is 15.2 Å². The second kappa shape index (κ2) is 10.8. The van der Waals surface area contributed by atoms with Crippen molar-refractivity contribution in [3.63, 3.8) is 0 Å². The van der Waals surface area contributed by atoms with E-state index in [4.69, 9.17) is 0 Å². The molecule has 2 aromatic carbocycles. The number of rotatable bonds is 9. The molecule has 0 unspecified atom stereocenters. The summed E-state index contributed by atoms with van der Waals surface area (Å²) >= 11 is 1.31. The Bertz CT molecular complexity index is 1050. The molecule has 0 atom stereocenters. The van der Waals surface area contributed by atoms with E-state index in [2.05, 4.69) is 27.8 Å². The number of hydrogen-bond acceptors (Lipinski definition) is 5. The molecule has 3 rings (SSSR count). The van der Waals surface area contributed by atoms with Crippen LogP contribution in [0.1, 0.15) is 30.8 Å². The van der Waals surface area contributed by atoms with E-state index in [9.17, 15) is 9.59 Å².